The van der Waals surface area contributed by atoms with Crippen molar-refractivity contribution in [2.45, 2.75) is 20.6 Å². The van der Waals surface area contributed by atoms with Crippen molar-refractivity contribution >= 4 is 5.69 Å². The molecule has 1 aromatic carbocycles. The van der Waals surface area contributed by atoms with Crippen LogP contribution in [0, 0.1) is 13.8 Å². The second-order valence-electron chi connectivity index (χ2n) is 4.37. The summed E-state index contributed by atoms with van der Waals surface area (Å²) in [6.07, 6.45) is 0. The van der Waals surface area contributed by atoms with Gasteiger partial charge in [-0.3, -0.25) is 0 Å². The number of nitrogen functional groups attached to an aromatic ring is 1. The van der Waals surface area contributed by atoms with Gasteiger partial charge in [0, 0.05) is 6.07 Å². The van der Waals surface area contributed by atoms with Gasteiger partial charge >= 0.3 is 0 Å². The molecule has 0 fully saturated rings. The van der Waals surface area contributed by atoms with E-state index in [1.54, 1.807) is 10.7 Å². The van der Waals surface area contributed by atoms with Crippen LogP contribution in [0.2, 0.25) is 0 Å². The fourth-order valence-electron chi connectivity index (χ4n) is 1.94. The lowest BCUT2D eigenvalue weighted by Gasteiger charge is -2.08. The molecule has 0 bridgehead atoms. The van der Waals surface area contributed by atoms with Crippen LogP contribution in [-0.2, 0) is 6.73 Å². The van der Waals surface area contributed by atoms with E-state index in [2.05, 4.69) is 5.10 Å². The van der Waals surface area contributed by atoms with Crippen molar-refractivity contribution in [1.29, 1.82) is 0 Å². The van der Waals surface area contributed by atoms with Crippen molar-refractivity contribution in [3.05, 3.63) is 29.6 Å². The summed E-state index contributed by atoms with van der Waals surface area (Å²) < 4.78 is 17.9. The van der Waals surface area contributed by atoms with Crippen LogP contribution in [0.25, 0.3) is 0 Å². The van der Waals surface area contributed by atoms with Crippen molar-refractivity contribution in [2.75, 3.05) is 12.5 Å². The highest BCUT2D eigenvalue weighted by Gasteiger charge is 2.14. The van der Waals surface area contributed by atoms with Crippen LogP contribution in [0.3, 0.4) is 0 Å². The highest BCUT2D eigenvalue weighted by Crippen LogP contribution is 2.35. The normalized spacial score (nSPS) is 12.7. The zero-order valence-electron chi connectivity index (χ0n) is 10.8. The van der Waals surface area contributed by atoms with Gasteiger partial charge in [-0.05, 0) is 26.0 Å². The molecule has 0 aliphatic carbocycles. The third kappa shape index (κ3) is 2.05. The topological polar surface area (TPSA) is 71.5 Å². The Balaban J connectivity index is 1.74. The third-order valence-electron chi connectivity index (χ3n) is 3.13. The van der Waals surface area contributed by atoms with E-state index in [1.165, 1.54) is 0 Å². The fourth-order valence-corrected chi connectivity index (χ4v) is 1.94. The summed E-state index contributed by atoms with van der Waals surface area (Å²) in [5, 5.41) is 4.31. The van der Waals surface area contributed by atoms with Crippen molar-refractivity contribution < 1.29 is 14.2 Å². The van der Waals surface area contributed by atoms with Gasteiger partial charge < -0.3 is 19.9 Å². The van der Waals surface area contributed by atoms with Gasteiger partial charge in [-0.2, -0.15) is 5.10 Å². The molecular weight excluding hydrogens is 246 g/mol. The van der Waals surface area contributed by atoms with E-state index in [1.807, 2.05) is 26.0 Å². The van der Waals surface area contributed by atoms with Gasteiger partial charge in [0.1, 0.15) is 5.75 Å². The lowest BCUT2D eigenvalue weighted by atomic mass is 10.3. The first kappa shape index (κ1) is 11.7. The number of hydrogen-bond acceptors (Lipinski definition) is 5. The van der Waals surface area contributed by atoms with Crippen LogP contribution in [-0.4, -0.2) is 16.6 Å². The maximum atomic E-state index is 5.87. The SMILES string of the molecule is Cc1nn(COc2ccc3c(c2)OCO3)c(C)c1N. The van der Waals surface area contributed by atoms with Crippen LogP contribution < -0.4 is 19.9 Å². The monoisotopic (exact) mass is 261 g/mol. The predicted octanol–water partition coefficient (Wildman–Crippen LogP) is 1.85. The van der Waals surface area contributed by atoms with E-state index < -0.39 is 0 Å². The fraction of sp³-hybridized carbons (Fsp3) is 0.308. The van der Waals surface area contributed by atoms with Crippen LogP contribution in [0.5, 0.6) is 17.2 Å². The lowest BCUT2D eigenvalue weighted by molar-refractivity contribution is 0.173. The number of hydrogen-bond donors (Lipinski definition) is 1. The molecule has 2 N–H and O–H groups in total. The lowest BCUT2D eigenvalue weighted by Crippen LogP contribution is -2.08. The predicted molar refractivity (Wildman–Crippen MR) is 69.3 cm³/mol. The molecule has 0 spiro atoms. The number of nitrogens with zero attached hydrogens (tertiary/aromatic N) is 2. The first-order valence-corrected chi connectivity index (χ1v) is 5.97. The second kappa shape index (κ2) is 4.38. The molecule has 0 saturated carbocycles. The van der Waals surface area contributed by atoms with Crippen LogP contribution >= 0.6 is 0 Å². The Morgan fingerprint density at radius 3 is 2.84 bits per heavy atom. The summed E-state index contributed by atoms with van der Waals surface area (Å²) in [5.74, 6) is 2.14. The first-order chi connectivity index (χ1) is 9.15. The quantitative estimate of drug-likeness (QED) is 0.912. The largest absolute Gasteiger partial charge is 0.471 e. The molecule has 19 heavy (non-hydrogen) atoms. The van der Waals surface area contributed by atoms with Gasteiger partial charge in [-0.25, -0.2) is 4.68 Å². The van der Waals surface area contributed by atoms with Gasteiger partial charge in [0.05, 0.1) is 17.1 Å². The maximum absolute atomic E-state index is 5.87. The molecule has 6 heteroatoms. The molecule has 1 aliphatic rings. The van der Waals surface area contributed by atoms with Crippen molar-refractivity contribution in [3.63, 3.8) is 0 Å². The molecule has 100 valence electrons. The minimum atomic E-state index is 0.257. The molecule has 0 amide bonds. The Labute approximate surface area is 110 Å². The molecule has 1 aromatic heterocycles. The van der Waals surface area contributed by atoms with Crippen molar-refractivity contribution in [2.24, 2.45) is 0 Å². The van der Waals surface area contributed by atoms with E-state index in [4.69, 9.17) is 19.9 Å². The molecule has 2 aromatic rings. The molecule has 0 saturated heterocycles. The Morgan fingerprint density at radius 2 is 2.11 bits per heavy atom. The zero-order valence-corrected chi connectivity index (χ0v) is 10.8. The number of benzene rings is 1. The van der Waals surface area contributed by atoms with Gasteiger partial charge in [-0.15, -0.1) is 0 Å². The Kier molecular flexibility index (Phi) is 2.70. The minimum absolute atomic E-state index is 0.257. The van der Waals surface area contributed by atoms with Gasteiger partial charge in [0.15, 0.2) is 18.2 Å². The molecule has 3 rings (SSSR count). The van der Waals surface area contributed by atoms with Crippen LogP contribution in [0.4, 0.5) is 5.69 Å². The van der Waals surface area contributed by atoms with Crippen LogP contribution in [0.15, 0.2) is 18.2 Å². The molecule has 0 atom stereocenters. The molecule has 1 aliphatic heterocycles. The van der Waals surface area contributed by atoms with Crippen molar-refractivity contribution in [1.82, 2.24) is 9.78 Å². The molecule has 2 heterocycles. The summed E-state index contributed by atoms with van der Waals surface area (Å²) >= 11 is 0. The Hall–Kier alpha value is -2.37. The summed E-state index contributed by atoms with van der Waals surface area (Å²) in [6, 6.07) is 5.47. The number of ether oxygens (including phenoxy) is 3. The molecule has 0 radical (unpaired) electrons. The summed E-state index contributed by atoms with van der Waals surface area (Å²) in [7, 11) is 0. The number of aryl methyl sites for hydroxylation is 1. The van der Waals surface area contributed by atoms with E-state index in [-0.39, 0.29) is 6.79 Å². The average molecular weight is 261 g/mol. The Morgan fingerprint density at radius 1 is 1.32 bits per heavy atom. The maximum Gasteiger partial charge on any atom is 0.231 e. The number of aromatic nitrogens is 2. The molecule has 6 nitrogen and oxygen atoms in total. The van der Waals surface area contributed by atoms with E-state index in [0.29, 0.717) is 23.9 Å². The second-order valence-corrected chi connectivity index (χ2v) is 4.37. The highest BCUT2D eigenvalue weighted by molar-refractivity contribution is 5.47. The third-order valence-corrected chi connectivity index (χ3v) is 3.13. The zero-order chi connectivity index (χ0) is 13.4. The van der Waals surface area contributed by atoms with Gasteiger partial charge in [0.2, 0.25) is 6.79 Å². The number of anilines is 1. The van der Waals surface area contributed by atoms with E-state index in [9.17, 15) is 0 Å². The van der Waals surface area contributed by atoms with E-state index >= 15 is 0 Å². The summed E-state index contributed by atoms with van der Waals surface area (Å²) in [6.45, 7) is 4.36. The van der Waals surface area contributed by atoms with Gasteiger partial charge in [-0.1, -0.05) is 0 Å². The van der Waals surface area contributed by atoms with Gasteiger partial charge in [0.25, 0.3) is 0 Å². The summed E-state index contributed by atoms with van der Waals surface area (Å²) in [4.78, 5) is 0. The van der Waals surface area contributed by atoms with Crippen molar-refractivity contribution in [3.8, 4) is 17.2 Å². The molecule has 0 unspecified atom stereocenters. The van der Waals surface area contributed by atoms with E-state index in [0.717, 1.165) is 17.1 Å². The average Bonchev–Trinajstić information content (AvgIpc) is 2.96. The highest BCUT2D eigenvalue weighted by atomic mass is 16.7. The number of rotatable bonds is 3. The number of nitrogens with two attached hydrogens (primary N) is 1. The Bertz CT molecular complexity index is 622. The standard InChI is InChI=1S/C13H15N3O3/c1-8-13(14)9(2)16(15-8)6-17-10-3-4-11-12(5-10)19-7-18-11/h3-5H,6-7,14H2,1-2H3. The first-order valence-electron chi connectivity index (χ1n) is 5.97. The minimum Gasteiger partial charge on any atom is -0.471 e. The summed E-state index contributed by atoms with van der Waals surface area (Å²) in [5.41, 5.74) is 8.29. The van der Waals surface area contributed by atoms with Crippen LogP contribution in [0.1, 0.15) is 11.4 Å². The number of fused-ring (bicyclic) bond motifs is 1. The molecular formula is C13H15N3O3. The smallest absolute Gasteiger partial charge is 0.231 e.